The minimum absolute atomic E-state index is 0.0587. The molecule has 2 aromatic heterocycles. The van der Waals surface area contributed by atoms with E-state index in [1.165, 1.54) is 36.0 Å². The number of rotatable bonds is 7. The van der Waals surface area contributed by atoms with E-state index in [9.17, 15) is 19.7 Å². The summed E-state index contributed by atoms with van der Waals surface area (Å²) in [6, 6.07) is 10.5. The second-order valence-corrected chi connectivity index (χ2v) is 7.94. The van der Waals surface area contributed by atoms with Gasteiger partial charge < -0.3 is 4.74 Å². The lowest BCUT2D eigenvalue weighted by atomic mass is 10.1. The van der Waals surface area contributed by atoms with E-state index in [0.717, 1.165) is 17.7 Å². The number of aromatic nitrogens is 1. The molecule has 8 nitrogen and oxygen atoms in total. The molecule has 0 saturated carbocycles. The fourth-order valence-electron chi connectivity index (χ4n) is 2.39. The van der Waals surface area contributed by atoms with Crippen LogP contribution in [0.4, 0.5) is 10.1 Å². The number of nitrogens with one attached hydrogen (secondary N) is 1. The first-order valence-corrected chi connectivity index (χ1v) is 10.4. The topological polar surface area (TPSA) is 111 Å². The van der Waals surface area contributed by atoms with Crippen LogP contribution in [0.1, 0.15) is 29.1 Å². The Morgan fingerprint density at radius 3 is 2.59 bits per heavy atom. The Hall–Kier alpha value is -3.11. The Morgan fingerprint density at radius 1 is 1.24 bits per heavy atom. The van der Waals surface area contributed by atoms with E-state index in [0.29, 0.717) is 16.5 Å². The van der Waals surface area contributed by atoms with E-state index >= 15 is 0 Å². The van der Waals surface area contributed by atoms with Gasteiger partial charge in [0.05, 0.1) is 10.6 Å². The predicted octanol–water partition coefficient (Wildman–Crippen LogP) is 4.53. The third-order valence-corrected chi connectivity index (χ3v) is 5.79. The van der Waals surface area contributed by atoms with Crippen LogP contribution < -0.4 is 5.32 Å². The molecule has 0 aliphatic rings. The molecule has 0 saturated heterocycles. The Balaban J connectivity index is 1.59. The van der Waals surface area contributed by atoms with Gasteiger partial charge in [-0.25, -0.2) is 9.78 Å². The van der Waals surface area contributed by atoms with E-state index in [-0.39, 0.29) is 9.88 Å². The fourth-order valence-corrected chi connectivity index (χ4v) is 3.82. The number of esters is 1. The van der Waals surface area contributed by atoms with Gasteiger partial charge in [0.2, 0.25) is 0 Å². The molecule has 0 spiro atoms. The zero-order valence-corrected chi connectivity index (χ0v) is 17.2. The van der Waals surface area contributed by atoms with Crippen LogP contribution >= 0.6 is 22.7 Å². The summed E-state index contributed by atoms with van der Waals surface area (Å²) in [7, 11) is 0. The highest BCUT2D eigenvalue weighted by atomic mass is 32.1. The van der Waals surface area contributed by atoms with Crippen LogP contribution in [0.3, 0.4) is 0 Å². The number of carbonyl (C=O) groups excluding carboxylic acids is 2. The first kappa shape index (κ1) is 20.6. The molecule has 2 heterocycles. The van der Waals surface area contributed by atoms with Crippen LogP contribution in [-0.2, 0) is 16.0 Å². The molecule has 10 heteroatoms. The number of benzene rings is 1. The summed E-state index contributed by atoms with van der Waals surface area (Å²) in [4.78, 5) is 38.9. The highest BCUT2D eigenvalue weighted by molar-refractivity contribution is 7.17. The lowest BCUT2D eigenvalue weighted by Crippen LogP contribution is -2.29. The summed E-state index contributed by atoms with van der Waals surface area (Å²) in [5.41, 5.74) is 2.91. The van der Waals surface area contributed by atoms with Crippen LogP contribution in [0.15, 0.2) is 41.8 Å². The molecule has 1 N–H and O–H groups in total. The van der Waals surface area contributed by atoms with Crippen LogP contribution in [-0.4, -0.2) is 27.9 Å². The molecule has 1 unspecified atom stereocenters. The van der Waals surface area contributed by atoms with Gasteiger partial charge in [-0.2, -0.15) is 0 Å². The molecule has 3 aromatic rings. The standard InChI is InChI=1S/C19H17N3O5S2/c1-3-12-4-6-13(7-5-12)14-10-28-19(20-14)21-17(23)11(2)27-18(24)15-8-9-16(29-15)22(25)26/h4-11H,3H2,1-2H3,(H,20,21,23). The third kappa shape index (κ3) is 5.04. The summed E-state index contributed by atoms with van der Waals surface area (Å²) in [6.45, 7) is 3.51. The van der Waals surface area contributed by atoms with Crippen molar-refractivity contribution in [2.45, 2.75) is 26.4 Å². The van der Waals surface area contributed by atoms with Gasteiger partial charge in [0.1, 0.15) is 4.88 Å². The Morgan fingerprint density at radius 2 is 1.97 bits per heavy atom. The van der Waals surface area contributed by atoms with Gasteiger partial charge in [-0.15, -0.1) is 11.3 Å². The number of nitro groups is 1. The van der Waals surface area contributed by atoms with Gasteiger partial charge in [0.25, 0.3) is 5.91 Å². The van der Waals surface area contributed by atoms with Gasteiger partial charge in [0, 0.05) is 17.0 Å². The zero-order chi connectivity index (χ0) is 21.0. The van der Waals surface area contributed by atoms with Gasteiger partial charge in [-0.05, 0) is 25.0 Å². The second kappa shape index (κ2) is 8.93. The molecular weight excluding hydrogens is 414 g/mol. The SMILES string of the molecule is CCc1ccc(-c2csc(NC(=O)C(C)OC(=O)c3ccc([N+](=O)[O-])s3)n2)cc1. The second-order valence-electron chi connectivity index (χ2n) is 6.02. The van der Waals surface area contributed by atoms with Crippen molar-refractivity contribution >= 4 is 44.7 Å². The van der Waals surface area contributed by atoms with Crippen LogP contribution in [0.5, 0.6) is 0 Å². The molecular formula is C19H17N3O5S2. The summed E-state index contributed by atoms with van der Waals surface area (Å²) >= 11 is 1.96. The zero-order valence-electron chi connectivity index (χ0n) is 15.6. The first-order chi connectivity index (χ1) is 13.9. The van der Waals surface area contributed by atoms with Crippen molar-refractivity contribution < 1.29 is 19.2 Å². The van der Waals surface area contributed by atoms with Crippen molar-refractivity contribution in [3.8, 4) is 11.3 Å². The first-order valence-electron chi connectivity index (χ1n) is 8.68. The number of hydrogen-bond donors (Lipinski definition) is 1. The fraction of sp³-hybridized carbons (Fsp3) is 0.211. The van der Waals surface area contributed by atoms with Gasteiger partial charge >= 0.3 is 11.0 Å². The smallest absolute Gasteiger partial charge is 0.349 e. The maximum absolute atomic E-state index is 12.3. The Labute approximate surface area is 174 Å². The molecule has 1 aromatic carbocycles. The molecule has 0 aliphatic carbocycles. The molecule has 0 fully saturated rings. The number of anilines is 1. The summed E-state index contributed by atoms with van der Waals surface area (Å²) in [5, 5.41) is 15.4. The lowest BCUT2D eigenvalue weighted by molar-refractivity contribution is -0.380. The number of thiophene rings is 1. The molecule has 3 rings (SSSR count). The number of ether oxygens (including phenoxy) is 1. The maximum Gasteiger partial charge on any atom is 0.349 e. The van der Waals surface area contributed by atoms with Crippen molar-refractivity contribution in [1.29, 1.82) is 0 Å². The molecule has 0 bridgehead atoms. The van der Waals surface area contributed by atoms with E-state index in [4.69, 9.17) is 4.74 Å². The summed E-state index contributed by atoms with van der Waals surface area (Å²) in [5.74, 6) is -1.33. The molecule has 150 valence electrons. The van der Waals surface area contributed by atoms with E-state index in [1.807, 2.05) is 29.6 Å². The van der Waals surface area contributed by atoms with Crippen molar-refractivity contribution in [3.63, 3.8) is 0 Å². The normalized spacial score (nSPS) is 11.7. The van der Waals surface area contributed by atoms with Crippen LogP contribution in [0.2, 0.25) is 0 Å². The number of aryl methyl sites for hydroxylation is 1. The molecule has 0 radical (unpaired) electrons. The predicted molar refractivity (Wildman–Crippen MR) is 111 cm³/mol. The van der Waals surface area contributed by atoms with E-state index in [2.05, 4.69) is 17.2 Å². The molecule has 0 aliphatic heterocycles. The third-order valence-electron chi connectivity index (χ3n) is 4.02. The largest absolute Gasteiger partial charge is 0.448 e. The average molecular weight is 431 g/mol. The van der Waals surface area contributed by atoms with Crippen LogP contribution in [0.25, 0.3) is 11.3 Å². The van der Waals surface area contributed by atoms with Gasteiger partial charge in [-0.3, -0.25) is 20.2 Å². The van der Waals surface area contributed by atoms with Crippen molar-refractivity contribution in [2.24, 2.45) is 0 Å². The number of hydrogen-bond acceptors (Lipinski definition) is 8. The summed E-state index contributed by atoms with van der Waals surface area (Å²) in [6.07, 6.45) is -0.131. The summed E-state index contributed by atoms with van der Waals surface area (Å²) < 4.78 is 5.09. The van der Waals surface area contributed by atoms with Crippen LogP contribution in [0, 0.1) is 10.1 Å². The maximum atomic E-state index is 12.3. The molecule has 1 atom stereocenters. The van der Waals surface area contributed by atoms with Crippen molar-refractivity contribution in [3.05, 3.63) is 62.3 Å². The Bertz CT molecular complexity index is 1040. The average Bonchev–Trinajstić information content (AvgIpc) is 3.38. The van der Waals surface area contributed by atoms with E-state index in [1.54, 1.807) is 0 Å². The lowest BCUT2D eigenvalue weighted by Gasteiger charge is -2.11. The minimum atomic E-state index is -1.08. The number of carbonyl (C=O) groups is 2. The molecule has 1 amide bonds. The highest BCUT2D eigenvalue weighted by Crippen LogP contribution is 2.26. The number of amides is 1. The van der Waals surface area contributed by atoms with E-state index < -0.39 is 22.9 Å². The van der Waals surface area contributed by atoms with Gasteiger partial charge in [0.15, 0.2) is 11.2 Å². The van der Waals surface area contributed by atoms with Gasteiger partial charge in [-0.1, -0.05) is 42.5 Å². The number of thiazole rings is 1. The minimum Gasteiger partial charge on any atom is -0.448 e. The monoisotopic (exact) mass is 431 g/mol. The van der Waals surface area contributed by atoms with Crippen molar-refractivity contribution in [2.75, 3.05) is 5.32 Å². The quantitative estimate of drug-likeness (QED) is 0.334. The van der Waals surface area contributed by atoms with Crippen molar-refractivity contribution in [1.82, 2.24) is 4.98 Å². The molecule has 29 heavy (non-hydrogen) atoms. The number of nitrogens with zero attached hydrogens (tertiary/aromatic N) is 2. The Kier molecular flexibility index (Phi) is 6.35. The highest BCUT2D eigenvalue weighted by Gasteiger charge is 2.23.